The van der Waals surface area contributed by atoms with Gasteiger partial charge in [0.05, 0.1) is 47.3 Å². The third-order valence-electron chi connectivity index (χ3n) is 11.2. The lowest BCUT2D eigenvalue weighted by molar-refractivity contribution is 0.0713. The molecule has 1 aliphatic rings. The minimum Gasteiger partial charge on any atom is -0.339 e. The van der Waals surface area contributed by atoms with Gasteiger partial charge in [-0.05, 0) is 93.5 Å². The van der Waals surface area contributed by atoms with Crippen LogP contribution in [0, 0.1) is 17.8 Å². The van der Waals surface area contributed by atoms with Gasteiger partial charge in [0, 0.05) is 47.5 Å². The van der Waals surface area contributed by atoms with E-state index in [1.807, 2.05) is 0 Å². The van der Waals surface area contributed by atoms with Crippen LogP contribution in [0.1, 0.15) is 92.8 Å². The van der Waals surface area contributed by atoms with Crippen molar-refractivity contribution in [3.63, 3.8) is 0 Å². The van der Waals surface area contributed by atoms with Gasteiger partial charge in [-0.25, -0.2) is 38.4 Å². The number of hydrogen-bond donors (Lipinski definition) is 0. The number of benzene rings is 4. The van der Waals surface area contributed by atoms with Gasteiger partial charge in [-0.3, -0.25) is 19.2 Å². The van der Waals surface area contributed by atoms with Gasteiger partial charge in [-0.15, -0.1) is 0 Å². The zero-order valence-electron chi connectivity index (χ0n) is 33.1. The van der Waals surface area contributed by atoms with Gasteiger partial charge >= 0.3 is 0 Å². The summed E-state index contributed by atoms with van der Waals surface area (Å²) in [6, 6.07) is 16.3. The quantitative estimate of drug-likeness (QED) is 0.169. The van der Waals surface area contributed by atoms with Crippen molar-refractivity contribution >= 4 is 70.8 Å². The molecule has 0 bridgehead atoms. The van der Waals surface area contributed by atoms with Crippen molar-refractivity contribution in [1.29, 1.82) is 0 Å². The molecule has 0 saturated carbocycles. The normalized spacial score (nSPS) is 16.8. The lowest BCUT2D eigenvalue weighted by Crippen LogP contribution is -2.42. The van der Waals surface area contributed by atoms with E-state index in [1.165, 1.54) is 77.7 Å². The summed E-state index contributed by atoms with van der Waals surface area (Å²) in [5.41, 5.74) is -0.475. The van der Waals surface area contributed by atoms with Gasteiger partial charge in [-0.2, -0.15) is 0 Å². The fourth-order valence-electron chi connectivity index (χ4n) is 8.00. The highest BCUT2D eigenvalue weighted by atomic mass is 16.2. The van der Waals surface area contributed by atoms with E-state index in [0.29, 0.717) is 0 Å². The smallest absolute Gasteiger partial charge is 0.255 e. The summed E-state index contributed by atoms with van der Waals surface area (Å²) in [5, 5.41) is -1.96. The molecule has 0 spiro atoms. The van der Waals surface area contributed by atoms with Crippen LogP contribution >= 0.6 is 0 Å². The first-order chi connectivity index (χ1) is 30.1. The van der Waals surface area contributed by atoms with E-state index in [-0.39, 0.29) is 128 Å². The summed E-state index contributed by atoms with van der Waals surface area (Å²) < 4.78 is 0. The SMILES string of the molecule is O=C=c1cccc(C(=O)C2CCCC(C(=O)c3cccc(=C=O)c3=C=O)CCN(C(=O)c3cccc(=C=O)c3=C=O)CCCC(C(=O)c3cccc(=C=O)c3=C=O)CC2)c1=C=O. The molecule has 0 aliphatic carbocycles. The molecular formula is C49H35NO12. The van der Waals surface area contributed by atoms with Gasteiger partial charge in [0.15, 0.2) is 17.3 Å². The molecule has 308 valence electrons. The molecule has 1 fully saturated rings. The van der Waals surface area contributed by atoms with Crippen LogP contribution in [0.4, 0.5) is 0 Å². The third kappa shape index (κ3) is 9.71. The first-order valence-corrected chi connectivity index (χ1v) is 19.6. The van der Waals surface area contributed by atoms with Crippen molar-refractivity contribution in [2.24, 2.45) is 17.8 Å². The van der Waals surface area contributed by atoms with Crippen LogP contribution < -0.4 is 41.7 Å². The highest BCUT2D eigenvalue weighted by Crippen LogP contribution is 2.29. The predicted octanol–water partition coefficient (Wildman–Crippen LogP) is -3.21. The standard InChI is InChI=1S/C49H35NO12/c51-23-34-9-2-14-38(42(34)27-55)46(59)31-7-1-8-33(48(61)40-16-4-11-36(25-53)44(40)29-57)20-22-50(49(62)41-17-5-12-37(26-54)45(41)30-58)21-6-13-32(19-18-31)47(60)39-15-3-10-35(24-52)43(39)28-56/h2-5,9-12,14-17,31-33H,1,6-8,13,18-22H2. The van der Waals surface area contributed by atoms with Crippen molar-refractivity contribution in [3.8, 4) is 0 Å². The van der Waals surface area contributed by atoms with E-state index >= 15 is 0 Å². The highest BCUT2D eigenvalue weighted by molar-refractivity contribution is 6.01. The number of carbonyl (C=O) groups excluding carboxylic acids is 12. The van der Waals surface area contributed by atoms with Crippen LogP contribution in [0.3, 0.4) is 0 Å². The molecule has 0 aromatic heterocycles. The zero-order valence-corrected chi connectivity index (χ0v) is 33.1. The van der Waals surface area contributed by atoms with Gasteiger partial charge in [0.25, 0.3) is 5.91 Å². The highest BCUT2D eigenvalue weighted by Gasteiger charge is 2.30. The number of hydrogen-bond acceptors (Lipinski definition) is 12. The molecule has 62 heavy (non-hydrogen) atoms. The molecule has 5 rings (SSSR count). The van der Waals surface area contributed by atoms with Gasteiger partial charge in [-0.1, -0.05) is 30.7 Å². The van der Waals surface area contributed by atoms with Gasteiger partial charge in [0.1, 0.15) is 47.5 Å². The van der Waals surface area contributed by atoms with E-state index in [0.717, 1.165) is 0 Å². The van der Waals surface area contributed by atoms with E-state index in [9.17, 15) is 57.5 Å². The van der Waals surface area contributed by atoms with Crippen molar-refractivity contribution in [2.75, 3.05) is 13.1 Å². The summed E-state index contributed by atoms with van der Waals surface area (Å²) in [6.07, 6.45) is 0.517. The first kappa shape index (κ1) is 45.1. The molecule has 4 aromatic rings. The molecule has 4 aromatic carbocycles. The van der Waals surface area contributed by atoms with Crippen LogP contribution in [-0.2, 0) is 38.4 Å². The number of ketones is 3. The van der Waals surface area contributed by atoms with Crippen LogP contribution in [0.2, 0.25) is 0 Å². The van der Waals surface area contributed by atoms with Crippen LogP contribution in [0.15, 0.2) is 72.8 Å². The molecule has 0 N–H and O–H groups in total. The number of rotatable bonds is 7. The number of amides is 1. The second kappa shape index (κ2) is 21.3. The Morgan fingerprint density at radius 3 is 1.05 bits per heavy atom. The second-order valence-electron chi connectivity index (χ2n) is 14.6. The monoisotopic (exact) mass is 829 g/mol. The van der Waals surface area contributed by atoms with Gasteiger partial charge < -0.3 is 4.90 Å². The molecule has 1 amide bonds. The Bertz CT molecular complexity index is 2770. The fraction of sp³-hybridized carbons (Fsp3) is 0.265. The Kier molecular flexibility index (Phi) is 15.5. The Morgan fingerprint density at radius 2 is 0.694 bits per heavy atom. The Morgan fingerprint density at radius 1 is 0.371 bits per heavy atom. The van der Waals surface area contributed by atoms with Crippen molar-refractivity contribution in [3.05, 3.63) is 137 Å². The number of Topliss-reactive ketones (excluding diaryl/α,β-unsaturated/α-hetero) is 3. The number of carbonyl (C=O) groups is 4. The first-order valence-electron chi connectivity index (χ1n) is 19.6. The van der Waals surface area contributed by atoms with E-state index in [4.69, 9.17) is 0 Å². The average molecular weight is 830 g/mol. The van der Waals surface area contributed by atoms with E-state index in [1.54, 1.807) is 47.5 Å². The minimum atomic E-state index is -0.925. The Balaban J connectivity index is 1.64. The predicted molar refractivity (Wildman–Crippen MR) is 217 cm³/mol. The maximum absolute atomic E-state index is 14.3. The lowest BCUT2D eigenvalue weighted by Gasteiger charge is -2.28. The van der Waals surface area contributed by atoms with Crippen LogP contribution in [0.25, 0.3) is 0 Å². The van der Waals surface area contributed by atoms with E-state index < -0.39 is 41.0 Å². The molecular weight excluding hydrogens is 795 g/mol. The summed E-state index contributed by atoms with van der Waals surface area (Å²) >= 11 is 0. The molecule has 1 heterocycles. The zero-order chi connectivity index (χ0) is 44.8. The molecule has 3 unspecified atom stereocenters. The molecule has 1 aliphatic heterocycles. The second-order valence-corrected chi connectivity index (χ2v) is 14.6. The summed E-state index contributed by atoms with van der Waals surface area (Å²) in [7, 11) is 0. The maximum Gasteiger partial charge on any atom is 0.255 e. The van der Waals surface area contributed by atoms with Crippen molar-refractivity contribution in [2.45, 2.75) is 51.4 Å². The summed E-state index contributed by atoms with van der Waals surface area (Å²) in [4.78, 5) is 153. The summed E-state index contributed by atoms with van der Waals surface area (Å²) in [5.74, 6) is 8.06. The average Bonchev–Trinajstić information content (AvgIpc) is 3.31. The fourth-order valence-corrected chi connectivity index (χ4v) is 8.00. The van der Waals surface area contributed by atoms with Gasteiger partial charge in [0.2, 0.25) is 0 Å². The third-order valence-corrected chi connectivity index (χ3v) is 11.2. The summed E-state index contributed by atoms with van der Waals surface area (Å²) in [6.45, 7) is -0.192. The van der Waals surface area contributed by atoms with Crippen LogP contribution in [0.5, 0.6) is 0 Å². The lowest BCUT2D eigenvalue weighted by atomic mass is 9.80. The maximum atomic E-state index is 14.3. The minimum absolute atomic E-state index is 0.0213. The van der Waals surface area contributed by atoms with Crippen molar-refractivity contribution in [1.82, 2.24) is 4.90 Å². The topological polar surface area (TPSA) is 208 Å². The van der Waals surface area contributed by atoms with E-state index in [2.05, 4.69) is 0 Å². The van der Waals surface area contributed by atoms with Crippen molar-refractivity contribution < 1.29 is 57.5 Å². The molecule has 13 nitrogen and oxygen atoms in total. The number of nitrogens with zero attached hydrogens (tertiary/aromatic N) is 1. The molecule has 0 radical (unpaired) electrons. The molecule has 3 atom stereocenters. The Labute approximate surface area is 351 Å². The van der Waals surface area contributed by atoms with Crippen LogP contribution in [-0.4, -0.2) is 88.8 Å². The molecule has 1 saturated heterocycles. The largest absolute Gasteiger partial charge is 0.339 e. The Hall–Kier alpha value is -8.00. The molecule has 13 heteroatoms.